The molecular formula is C16H21N3O4. The molecule has 1 heterocycles. The highest BCUT2D eigenvalue weighted by Gasteiger charge is 2.23. The van der Waals surface area contributed by atoms with Crippen LogP contribution in [0.3, 0.4) is 0 Å². The fourth-order valence-electron chi connectivity index (χ4n) is 1.22. The van der Waals surface area contributed by atoms with Gasteiger partial charge in [-0.05, 0) is 47.5 Å². The van der Waals surface area contributed by atoms with Gasteiger partial charge in [-0.15, -0.1) is 6.42 Å². The van der Waals surface area contributed by atoms with E-state index in [4.69, 9.17) is 20.6 Å². The van der Waals surface area contributed by atoms with Crippen molar-refractivity contribution in [2.45, 2.75) is 52.7 Å². The minimum absolute atomic E-state index is 0.187. The summed E-state index contributed by atoms with van der Waals surface area (Å²) in [6.45, 7) is 10.5. The number of terminal acetylenes is 1. The third-order valence-electron chi connectivity index (χ3n) is 1.95. The Balaban J connectivity index is 2.97. The van der Waals surface area contributed by atoms with E-state index in [0.717, 1.165) is 0 Å². The molecule has 1 aromatic rings. The van der Waals surface area contributed by atoms with E-state index < -0.39 is 17.4 Å². The molecule has 23 heavy (non-hydrogen) atoms. The summed E-state index contributed by atoms with van der Waals surface area (Å²) in [6.07, 6.45) is 6.73. The van der Waals surface area contributed by atoms with Crippen LogP contribution in [0.25, 0.3) is 0 Å². The molecule has 7 nitrogen and oxygen atoms in total. The van der Waals surface area contributed by atoms with Crippen molar-refractivity contribution < 1.29 is 19.0 Å². The van der Waals surface area contributed by atoms with Gasteiger partial charge in [0.2, 0.25) is 0 Å². The molecule has 0 fully saturated rings. The molecule has 0 atom stereocenters. The summed E-state index contributed by atoms with van der Waals surface area (Å²) in [6, 6.07) is 0. The third-order valence-corrected chi connectivity index (χ3v) is 1.95. The van der Waals surface area contributed by atoms with Crippen molar-refractivity contribution in [1.29, 1.82) is 0 Å². The summed E-state index contributed by atoms with van der Waals surface area (Å²) in [5.74, 6) is 2.53. The molecule has 7 heteroatoms. The van der Waals surface area contributed by atoms with Crippen LogP contribution in [0.1, 0.15) is 47.2 Å². The lowest BCUT2D eigenvalue weighted by Crippen LogP contribution is -2.30. The van der Waals surface area contributed by atoms with Gasteiger partial charge in [-0.25, -0.2) is 14.8 Å². The number of hydrogen-bond donors (Lipinski definition) is 0. The van der Waals surface area contributed by atoms with Gasteiger partial charge in [0.05, 0.1) is 12.4 Å². The molecule has 1 aromatic heterocycles. The molecule has 124 valence electrons. The van der Waals surface area contributed by atoms with Crippen LogP contribution in [0.15, 0.2) is 17.4 Å². The van der Waals surface area contributed by atoms with E-state index in [2.05, 4.69) is 20.9 Å². The zero-order valence-electron chi connectivity index (χ0n) is 14.2. The van der Waals surface area contributed by atoms with Crippen molar-refractivity contribution in [2.75, 3.05) is 0 Å². The van der Waals surface area contributed by atoms with E-state index in [1.165, 1.54) is 12.4 Å². The lowest BCUT2D eigenvalue weighted by atomic mass is 10.2. The molecule has 0 spiro atoms. The van der Waals surface area contributed by atoms with E-state index in [1.54, 1.807) is 41.5 Å². The van der Waals surface area contributed by atoms with Gasteiger partial charge in [0.15, 0.2) is 5.82 Å². The van der Waals surface area contributed by atoms with Crippen molar-refractivity contribution in [1.82, 2.24) is 9.97 Å². The first-order valence-corrected chi connectivity index (χ1v) is 6.96. The van der Waals surface area contributed by atoms with Gasteiger partial charge in [-0.3, -0.25) is 0 Å². The molecule has 0 radical (unpaired) electrons. The van der Waals surface area contributed by atoms with Crippen molar-refractivity contribution in [3.8, 4) is 12.3 Å². The maximum Gasteiger partial charge on any atom is 0.517 e. The molecule has 0 aliphatic heterocycles. The van der Waals surface area contributed by atoms with E-state index in [9.17, 15) is 4.79 Å². The summed E-state index contributed by atoms with van der Waals surface area (Å²) in [7, 11) is 0. The van der Waals surface area contributed by atoms with Gasteiger partial charge >= 0.3 is 12.2 Å². The minimum atomic E-state index is -0.922. The fraction of sp³-hybridized carbons (Fsp3) is 0.500. The highest BCUT2D eigenvalue weighted by molar-refractivity contribution is 5.82. The quantitative estimate of drug-likeness (QED) is 0.342. The van der Waals surface area contributed by atoms with Crippen LogP contribution in [0.5, 0.6) is 0 Å². The number of aromatic nitrogens is 2. The van der Waals surface area contributed by atoms with Crippen LogP contribution in [0.2, 0.25) is 0 Å². The van der Waals surface area contributed by atoms with E-state index in [-0.39, 0.29) is 11.9 Å². The molecule has 0 aliphatic rings. The third kappa shape index (κ3) is 7.81. The first kappa shape index (κ1) is 18.4. The van der Waals surface area contributed by atoms with Crippen LogP contribution in [-0.2, 0) is 14.2 Å². The number of carbonyl (C=O) groups excluding carboxylic acids is 1. The van der Waals surface area contributed by atoms with Gasteiger partial charge in [-0.2, -0.15) is 4.99 Å². The number of rotatable bonds is 1. The lowest BCUT2D eigenvalue weighted by Gasteiger charge is -2.23. The average Bonchev–Trinajstić information content (AvgIpc) is 2.35. The SMILES string of the molecule is C#Cc1cnc(/N=C(/OC(=O)OC(C)(C)C)OC(C)(C)C)cn1. The molecule has 0 amide bonds. The minimum Gasteiger partial charge on any atom is -0.444 e. The Hall–Kier alpha value is -2.62. The second-order valence-electron chi connectivity index (χ2n) is 6.56. The Morgan fingerprint density at radius 1 is 1.09 bits per heavy atom. The summed E-state index contributed by atoms with van der Waals surface area (Å²) in [4.78, 5) is 23.7. The Bertz CT molecular complexity index is 617. The van der Waals surface area contributed by atoms with Crippen molar-refractivity contribution in [2.24, 2.45) is 4.99 Å². The summed E-state index contributed by atoms with van der Waals surface area (Å²) in [5, 5.41) is 0. The number of hydrogen-bond acceptors (Lipinski definition) is 7. The van der Waals surface area contributed by atoms with E-state index in [0.29, 0.717) is 5.69 Å². The molecule has 0 aromatic carbocycles. The van der Waals surface area contributed by atoms with E-state index in [1.807, 2.05) is 0 Å². The van der Waals surface area contributed by atoms with Crippen molar-refractivity contribution >= 4 is 18.1 Å². The topological polar surface area (TPSA) is 82.9 Å². The average molecular weight is 319 g/mol. The fourth-order valence-corrected chi connectivity index (χ4v) is 1.22. The van der Waals surface area contributed by atoms with Crippen molar-refractivity contribution in [3.63, 3.8) is 0 Å². The van der Waals surface area contributed by atoms with Gasteiger partial charge < -0.3 is 14.2 Å². The Morgan fingerprint density at radius 3 is 2.13 bits per heavy atom. The molecule has 0 bridgehead atoms. The lowest BCUT2D eigenvalue weighted by molar-refractivity contribution is -0.000867. The van der Waals surface area contributed by atoms with Gasteiger partial charge in [0.1, 0.15) is 16.9 Å². The number of ether oxygens (including phenoxy) is 3. The molecular weight excluding hydrogens is 298 g/mol. The number of carbonyl (C=O) groups is 1. The largest absolute Gasteiger partial charge is 0.517 e. The molecule has 1 rings (SSSR count). The highest BCUT2D eigenvalue weighted by atomic mass is 16.8. The summed E-state index contributed by atoms with van der Waals surface area (Å²) < 4.78 is 15.6. The summed E-state index contributed by atoms with van der Waals surface area (Å²) in [5.41, 5.74) is -0.958. The molecule has 0 saturated carbocycles. The molecule has 0 N–H and O–H groups in total. The van der Waals surface area contributed by atoms with Crippen LogP contribution in [0.4, 0.5) is 10.6 Å². The Morgan fingerprint density at radius 2 is 1.70 bits per heavy atom. The van der Waals surface area contributed by atoms with Crippen molar-refractivity contribution in [3.05, 3.63) is 18.1 Å². The normalized spacial score (nSPS) is 12.3. The zero-order chi connectivity index (χ0) is 17.7. The van der Waals surface area contributed by atoms with Crippen LogP contribution in [-0.4, -0.2) is 33.4 Å². The molecule has 0 aliphatic carbocycles. The monoisotopic (exact) mass is 319 g/mol. The van der Waals surface area contributed by atoms with Crippen LogP contribution >= 0.6 is 0 Å². The second-order valence-corrected chi connectivity index (χ2v) is 6.56. The van der Waals surface area contributed by atoms with Gasteiger partial charge in [-0.1, -0.05) is 0 Å². The molecule has 0 saturated heterocycles. The van der Waals surface area contributed by atoms with Crippen LogP contribution in [0, 0.1) is 12.3 Å². The van der Waals surface area contributed by atoms with Gasteiger partial charge in [0.25, 0.3) is 0 Å². The predicted molar refractivity (Wildman–Crippen MR) is 85.2 cm³/mol. The zero-order valence-corrected chi connectivity index (χ0v) is 14.2. The highest BCUT2D eigenvalue weighted by Crippen LogP contribution is 2.15. The van der Waals surface area contributed by atoms with Gasteiger partial charge in [0, 0.05) is 0 Å². The maximum atomic E-state index is 11.8. The first-order chi connectivity index (χ1) is 10.5. The Labute approximate surface area is 136 Å². The second kappa shape index (κ2) is 7.09. The standard InChI is InChI=1S/C16H21N3O4/c1-8-11-9-18-12(10-17-11)19-13(22-15(2,3)4)21-14(20)23-16(5,6)7/h1,9-10H,2-7H3/b19-13-. The first-order valence-electron chi connectivity index (χ1n) is 6.96. The van der Waals surface area contributed by atoms with E-state index >= 15 is 0 Å². The van der Waals surface area contributed by atoms with Crippen LogP contribution < -0.4 is 0 Å². The smallest absolute Gasteiger partial charge is 0.444 e. The predicted octanol–water partition coefficient (Wildman–Crippen LogP) is 3.21. The Kier molecular flexibility index (Phi) is 5.68. The number of nitrogens with zero attached hydrogens (tertiary/aromatic N) is 3. The molecule has 0 unspecified atom stereocenters. The number of aliphatic imine (C=N–C) groups is 1. The summed E-state index contributed by atoms with van der Waals surface area (Å²) >= 11 is 0. The maximum absolute atomic E-state index is 11.8.